The molecule has 0 aliphatic rings. The molecule has 0 atom stereocenters. The average Bonchev–Trinajstić information content (AvgIpc) is 3.28. The molecule has 9 aromatic rings. The number of para-hydroxylation sites is 2. The molecule has 0 unspecified atom stereocenters. The molecule has 0 amide bonds. The van der Waals surface area contributed by atoms with Gasteiger partial charge in [0.05, 0.1) is 11.4 Å². The Hall–Kier alpha value is -6.90. The summed E-state index contributed by atoms with van der Waals surface area (Å²) in [6.07, 6.45) is 0. The predicted octanol–water partition coefficient (Wildman–Crippen LogP) is 17.7. The van der Waals surface area contributed by atoms with Gasteiger partial charge in [0, 0.05) is 44.3 Å². The molecule has 0 spiro atoms. The monoisotopic (exact) mass is 804 g/mol. The Balaban J connectivity index is 1.39. The van der Waals surface area contributed by atoms with E-state index < -0.39 is 0 Å². The molecular formula is C60H56N2. The molecule has 0 N–H and O–H groups in total. The van der Waals surface area contributed by atoms with Crippen LogP contribution < -0.4 is 9.80 Å². The number of aryl methyl sites for hydroxylation is 4. The molecule has 62 heavy (non-hydrogen) atoms. The van der Waals surface area contributed by atoms with Crippen LogP contribution in [0, 0.1) is 27.7 Å². The molecule has 0 fully saturated rings. The van der Waals surface area contributed by atoms with Gasteiger partial charge in [-0.3, -0.25) is 0 Å². The van der Waals surface area contributed by atoms with Crippen molar-refractivity contribution in [3.63, 3.8) is 0 Å². The van der Waals surface area contributed by atoms with E-state index in [1.54, 1.807) is 0 Å². The summed E-state index contributed by atoms with van der Waals surface area (Å²) in [5.74, 6) is 0.690. The summed E-state index contributed by atoms with van der Waals surface area (Å²) in [6.45, 7) is 18.1. The van der Waals surface area contributed by atoms with Gasteiger partial charge in [0.2, 0.25) is 0 Å². The first-order chi connectivity index (χ1) is 30.1. The first-order valence-corrected chi connectivity index (χ1v) is 22.2. The quantitative estimate of drug-likeness (QED) is 0.100. The van der Waals surface area contributed by atoms with Crippen LogP contribution in [0.3, 0.4) is 0 Å². The summed E-state index contributed by atoms with van der Waals surface area (Å²) in [7, 11) is 0. The lowest BCUT2D eigenvalue weighted by Gasteiger charge is -2.34. The molecule has 9 rings (SSSR count). The summed E-state index contributed by atoms with van der Waals surface area (Å²) >= 11 is 0. The molecule has 0 saturated carbocycles. The zero-order valence-electron chi connectivity index (χ0n) is 37.4. The lowest BCUT2D eigenvalue weighted by molar-refractivity contribution is 0.868. The zero-order chi connectivity index (χ0) is 43.1. The normalized spacial score (nSPS) is 11.5. The van der Waals surface area contributed by atoms with Gasteiger partial charge in [-0.05, 0) is 156 Å². The van der Waals surface area contributed by atoms with Gasteiger partial charge in [-0.1, -0.05) is 149 Å². The van der Waals surface area contributed by atoms with Gasteiger partial charge in [0.1, 0.15) is 0 Å². The summed E-state index contributed by atoms with van der Waals surface area (Å²) in [5.41, 5.74) is 19.6. The molecule has 306 valence electrons. The molecule has 0 saturated heterocycles. The van der Waals surface area contributed by atoms with E-state index in [1.807, 2.05) is 0 Å². The number of hydrogen-bond acceptors (Lipinski definition) is 2. The fraction of sp³-hybridized carbons (Fsp3) is 0.167. The van der Waals surface area contributed by atoms with Crippen LogP contribution in [0.25, 0.3) is 43.8 Å². The highest BCUT2D eigenvalue weighted by molar-refractivity contribution is 6.23. The van der Waals surface area contributed by atoms with Crippen molar-refractivity contribution in [1.29, 1.82) is 0 Å². The second-order valence-corrected chi connectivity index (χ2v) is 17.6. The van der Waals surface area contributed by atoms with Crippen molar-refractivity contribution >= 4 is 55.7 Å². The van der Waals surface area contributed by atoms with Crippen LogP contribution in [0.2, 0.25) is 0 Å². The average molecular weight is 805 g/mol. The molecule has 2 heteroatoms. The van der Waals surface area contributed by atoms with E-state index in [1.165, 1.54) is 88.6 Å². The SMILES string of the molecule is Cc1ccccc1-c1ccc(N(c2ccccc2)c2c3ccc(C(C)C)cc3c(N(c3ccccc3)c3ccc(-c4ccccc4C)c(C)c3)c3ccc(C(C)C)cc23)cc1C. The van der Waals surface area contributed by atoms with E-state index in [4.69, 9.17) is 0 Å². The lowest BCUT2D eigenvalue weighted by Crippen LogP contribution is -2.15. The molecule has 0 aliphatic heterocycles. The number of nitrogens with zero attached hydrogens (tertiary/aromatic N) is 2. The molecule has 0 bridgehead atoms. The van der Waals surface area contributed by atoms with Crippen molar-refractivity contribution in [3.8, 4) is 22.3 Å². The molecule has 0 aromatic heterocycles. The minimum atomic E-state index is 0.345. The van der Waals surface area contributed by atoms with E-state index in [2.05, 4.69) is 247 Å². The molecule has 0 radical (unpaired) electrons. The maximum Gasteiger partial charge on any atom is 0.0620 e. The Morgan fingerprint density at radius 1 is 0.290 bits per heavy atom. The van der Waals surface area contributed by atoms with E-state index in [0.717, 1.165) is 22.7 Å². The highest BCUT2D eigenvalue weighted by atomic mass is 15.2. The van der Waals surface area contributed by atoms with Crippen molar-refractivity contribution in [2.75, 3.05) is 9.80 Å². The Kier molecular flexibility index (Phi) is 11.0. The standard InChI is InChI=1S/C60H56N2/c1-39(2)45-27-31-55-57(37-45)59(61(47-21-11-9-12-22-47)49-29-33-53(43(7)35-49)51-25-17-15-19-41(51)5)56-32-28-46(40(3)4)38-58(56)60(55)62(48-23-13-10-14-24-48)50-30-34-54(44(8)36-50)52-26-18-16-20-42(52)6/h9-40H,1-8H3. The topological polar surface area (TPSA) is 6.48 Å². The van der Waals surface area contributed by atoms with Crippen LogP contribution >= 0.6 is 0 Å². The zero-order valence-corrected chi connectivity index (χ0v) is 37.4. The fourth-order valence-corrected chi connectivity index (χ4v) is 9.32. The third-order valence-electron chi connectivity index (χ3n) is 12.7. The molecule has 0 aliphatic carbocycles. The van der Waals surface area contributed by atoms with Crippen molar-refractivity contribution in [2.45, 2.75) is 67.2 Å². The van der Waals surface area contributed by atoms with Crippen molar-refractivity contribution in [3.05, 3.63) is 215 Å². The van der Waals surface area contributed by atoms with Crippen molar-refractivity contribution in [1.82, 2.24) is 0 Å². The number of fused-ring (bicyclic) bond motifs is 2. The summed E-state index contributed by atoms with van der Waals surface area (Å²) in [6, 6.07) is 67.7. The van der Waals surface area contributed by atoms with Crippen LogP contribution in [0.5, 0.6) is 0 Å². The first-order valence-electron chi connectivity index (χ1n) is 22.2. The molecular weight excluding hydrogens is 749 g/mol. The summed E-state index contributed by atoms with van der Waals surface area (Å²) in [5, 5.41) is 4.84. The van der Waals surface area contributed by atoms with Crippen molar-refractivity contribution in [2.24, 2.45) is 0 Å². The Morgan fingerprint density at radius 2 is 0.645 bits per heavy atom. The van der Waals surface area contributed by atoms with Crippen LogP contribution in [0.15, 0.2) is 182 Å². The maximum atomic E-state index is 2.51. The molecule has 2 nitrogen and oxygen atoms in total. The van der Waals surface area contributed by atoms with E-state index >= 15 is 0 Å². The first kappa shape index (κ1) is 40.5. The third-order valence-corrected chi connectivity index (χ3v) is 12.7. The maximum absolute atomic E-state index is 2.51. The number of anilines is 6. The van der Waals surface area contributed by atoms with Crippen LogP contribution in [-0.2, 0) is 0 Å². The van der Waals surface area contributed by atoms with Gasteiger partial charge in [-0.2, -0.15) is 0 Å². The smallest absolute Gasteiger partial charge is 0.0620 e. The van der Waals surface area contributed by atoms with Gasteiger partial charge in [0.15, 0.2) is 0 Å². The van der Waals surface area contributed by atoms with E-state index in [-0.39, 0.29) is 0 Å². The number of hydrogen-bond donors (Lipinski definition) is 0. The van der Waals surface area contributed by atoms with Gasteiger partial charge in [-0.15, -0.1) is 0 Å². The minimum absolute atomic E-state index is 0.345. The van der Waals surface area contributed by atoms with Gasteiger partial charge in [-0.25, -0.2) is 0 Å². The van der Waals surface area contributed by atoms with E-state index in [9.17, 15) is 0 Å². The molecule has 9 aromatic carbocycles. The minimum Gasteiger partial charge on any atom is -0.309 e. The van der Waals surface area contributed by atoms with Crippen LogP contribution in [0.1, 0.15) is 72.9 Å². The second-order valence-electron chi connectivity index (χ2n) is 17.6. The highest BCUT2D eigenvalue weighted by Crippen LogP contribution is 2.52. The van der Waals surface area contributed by atoms with E-state index in [0.29, 0.717) is 11.8 Å². The summed E-state index contributed by atoms with van der Waals surface area (Å²) in [4.78, 5) is 5.02. The van der Waals surface area contributed by atoms with Gasteiger partial charge in [0.25, 0.3) is 0 Å². The summed E-state index contributed by atoms with van der Waals surface area (Å²) < 4.78 is 0. The van der Waals surface area contributed by atoms with Gasteiger partial charge < -0.3 is 9.80 Å². The van der Waals surface area contributed by atoms with Crippen molar-refractivity contribution < 1.29 is 0 Å². The Bertz CT molecular complexity index is 2860. The second kappa shape index (κ2) is 16.9. The predicted molar refractivity (Wildman–Crippen MR) is 269 cm³/mol. The molecule has 0 heterocycles. The number of benzene rings is 9. The third kappa shape index (κ3) is 7.45. The van der Waals surface area contributed by atoms with Crippen LogP contribution in [-0.4, -0.2) is 0 Å². The lowest BCUT2D eigenvalue weighted by atomic mass is 9.89. The fourth-order valence-electron chi connectivity index (χ4n) is 9.32. The van der Waals surface area contributed by atoms with Gasteiger partial charge >= 0.3 is 0 Å². The highest BCUT2D eigenvalue weighted by Gasteiger charge is 2.27. The Labute approximate surface area is 368 Å². The largest absolute Gasteiger partial charge is 0.309 e. The Morgan fingerprint density at radius 3 is 1.00 bits per heavy atom. The number of rotatable bonds is 10. The van der Waals surface area contributed by atoms with Crippen LogP contribution in [0.4, 0.5) is 34.1 Å².